The SMILES string of the molecule is CCNC(CC)C(C)N1CCCC1C1CCCC1. The second-order valence-corrected chi connectivity index (χ2v) is 6.30. The lowest BCUT2D eigenvalue weighted by atomic mass is 9.94. The summed E-state index contributed by atoms with van der Waals surface area (Å²) in [6.45, 7) is 9.44. The summed E-state index contributed by atoms with van der Waals surface area (Å²) >= 11 is 0. The minimum Gasteiger partial charge on any atom is -0.313 e. The Kier molecular flexibility index (Phi) is 5.50. The molecule has 2 aliphatic rings. The van der Waals surface area contributed by atoms with Crippen molar-refractivity contribution in [1.29, 1.82) is 0 Å². The van der Waals surface area contributed by atoms with Crippen LogP contribution in [0.2, 0.25) is 0 Å². The molecule has 1 aliphatic carbocycles. The van der Waals surface area contributed by atoms with Crippen LogP contribution in [0.3, 0.4) is 0 Å². The van der Waals surface area contributed by atoms with Gasteiger partial charge in [-0.2, -0.15) is 0 Å². The number of rotatable bonds is 6. The highest BCUT2D eigenvalue weighted by atomic mass is 15.2. The number of nitrogens with one attached hydrogen (secondary N) is 1. The Morgan fingerprint density at radius 3 is 2.44 bits per heavy atom. The first-order chi connectivity index (χ1) is 8.77. The van der Waals surface area contributed by atoms with E-state index in [1.165, 1.54) is 51.5 Å². The average Bonchev–Trinajstić information content (AvgIpc) is 3.03. The fraction of sp³-hybridized carbons (Fsp3) is 1.00. The van der Waals surface area contributed by atoms with Crippen LogP contribution < -0.4 is 5.32 Å². The Balaban J connectivity index is 1.96. The van der Waals surface area contributed by atoms with Gasteiger partial charge < -0.3 is 5.32 Å². The van der Waals surface area contributed by atoms with Gasteiger partial charge in [0.25, 0.3) is 0 Å². The van der Waals surface area contributed by atoms with Crippen molar-refractivity contribution in [3.63, 3.8) is 0 Å². The minimum atomic E-state index is 0.678. The molecule has 1 aliphatic heterocycles. The minimum absolute atomic E-state index is 0.678. The number of likely N-dealkylation sites (N-methyl/N-ethyl adjacent to an activating group) is 1. The summed E-state index contributed by atoms with van der Waals surface area (Å²) in [6.07, 6.45) is 10.1. The fourth-order valence-corrected chi connectivity index (χ4v) is 4.32. The third-order valence-electron chi connectivity index (χ3n) is 5.30. The molecule has 1 heterocycles. The lowest BCUT2D eigenvalue weighted by molar-refractivity contribution is 0.116. The molecule has 2 heteroatoms. The van der Waals surface area contributed by atoms with Crippen LogP contribution in [-0.4, -0.2) is 36.1 Å². The molecule has 1 saturated heterocycles. The van der Waals surface area contributed by atoms with Gasteiger partial charge in [0.05, 0.1) is 0 Å². The molecule has 3 unspecified atom stereocenters. The van der Waals surface area contributed by atoms with Crippen LogP contribution in [0.1, 0.15) is 65.7 Å². The van der Waals surface area contributed by atoms with E-state index >= 15 is 0 Å². The largest absolute Gasteiger partial charge is 0.313 e. The molecular weight excluding hydrogens is 220 g/mol. The van der Waals surface area contributed by atoms with E-state index in [0.29, 0.717) is 12.1 Å². The highest BCUT2D eigenvalue weighted by Crippen LogP contribution is 2.36. The molecule has 1 N–H and O–H groups in total. The molecule has 2 rings (SSSR count). The lowest BCUT2D eigenvalue weighted by Crippen LogP contribution is -2.51. The molecule has 0 amide bonds. The summed E-state index contributed by atoms with van der Waals surface area (Å²) in [5.41, 5.74) is 0. The maximum Gasteiger partial charge on any atom is 0.0224 e. The molecule has 106 valence electrons. The van der Waals surface area contributed by atoms with Crippen molar-refractivity contribution in [2.45, 2.75) is 83.8 Å². The van der Waals surface area contributed by atoms with Gasteiger partial charge in [-0.15, -0.1) is 0 Å². The molecule has 0 aromatic rings. The van der Waals surface area contributed by atoms with Crippen LogP contribution in [0.4, 0.5) is 0 Å². The van der Waals surface area contributed by atoms with E-state index < -0.39 is 0 Å². The molecule has 1 saturated carbocycles. The Labute approximate surface area is 114 Å². The number of nitrogens with zero attached hydrogens (tertiary/aromatic N) is 1. The van der Waals surface area contributed by atoms with E-state index in [1.54, 1.807) is 0 Å². The van der Waals surface area contributed by atoms with E-state index in [9.17, 15) is 0 Å². The van der Waals surface area contributed by atoms with E-state index in [4.69, 9.17) is 0 Å². The van der Waals surface area contributed by atoms with E-state index in [1.807, 2.05) is 0 Å². The molecule has 2 fully saturated rings. The van der Waals surface area contributed by atoms with Gasteiger partial charge in [0.1, 0.15) is 0 Å². The lowest BCUT2D eigenvalue weighted by Gasteiger charge is -2.38. The zero-order valence-electron chi connectivity index (χ0n) is 12.6. The number of hydrogen-bond donors (Lipinski definition) is 1. The van der Waals surface area contributed by atoms with Crippen LogP contribution >= 0.6 is 0 Å². The Bertz CT molecular complexity index is 235. The van der Waals surface area contributed by atoms with Gasteiger partial charge in [-0.1, -0.05) is 26.7 Å². The Morgan fingerprint density at radius 2 is 1.83 bits per heavy atom. The molecule has 18 heavy (non-hydrogen) atoms. The molecule has 0 spiro atoms. The first-order valence-corrected chi connectivity index (χ1v) is 8.27. The molecule has 0 aromatic carbocycles. The second-order valence-electron chi connectivity index (χ2n) is 6.30. The van der Waals surface area contributed by atoms with Crippen molar-refractivity contribution >= 4 is 0 Å². The molecular formula is C16H32N2. The summed E-state index contributed by atoms with van der Waals surface area (Å²) in [7, 11) is 0. The van der Waals surface area contributed by atoms with Crippen molar-refractivity contribution in [3.05, 3.63) is 0 Å². The normalized spacial score (nSPS) is 29.8. The molecule has 3 atom stereocenters. The summed E-state index contributed by atoms with van der Waals surface area (Å²) < 4.78 is 0. The monoisotopic (exact) mass is 252 g/mol. The maximum absolute atomic E-state index is 3.68. The van der Waals surface area contributed by atoms with Crippen molar-refractivity contribution in [3.8, 4) is 0 Å². The van der Waals surface area contributed by atoms with Crippen LogP contribution in [0.5, 0.6) is 0 Å². The highest BCUT2D eigenvalue weighted by molar-refractivity contribution is 4.93. The van der Waals surface area contributed by atoms with Gasteiger partial charge in [0, 0.05) is 18.1 Å². The topological polar surface area (TPSA) is 15.3 Å². The van der Waals surface area contributed by atoms with Gasteiger partial charge in [0.15, 0.2) is 0 Å². The first kappa shape index (κ1) is 14.3. The quantitative estimate of drug-likeness (QED) is 0.779. The van der Waals surface area contributed by atoms with Gasteiger partial charge in [-0.25, -0.2) is 0 Å². The average molecular weight is 252 g/mol. The van der Waals surface area contributed by atoms with Crippen LogP contribution in [-0.2, 0) is 0 Å². The third-order valence-corrected chi connectivity index (χ3v) is 5.30. The van der Waals surface area contributed by atoms with E-state index in [2.05, 4.69) is 31.0 Å². The summed E-state index contributed by atoms with van der Waals surface area (Å²) in [5, 5.41) is 3.68. The smallest absolute Gasteiger partial charge is 0.0224 e. The van der Waals surface area contributed by atoms with Crippen molar-refractivity contribution in [1.82, 2.24) is 10.2 Å². The predicted octanol–water partition coefficient (Wildman–Crippen LogP) is 3.42. The Hall–Kier alpha value is -0.0800. The standard InChI is InChI=1S/C16H32N2/c1-4-15(17-5-2)13(3)18-12-8-11-16(18)14-9-6-7-10-14/h13-17H,4-12H2,1-3H3. The van der Waals surface area contributed by atoms with Gasteiger partial charge in [-0.3, -0.25) is 4.90 Å². The van der Waals surface area contributed by atoms with Crippen molar-refractivity contribution < 1.29 is 0 Å². The number of likely N-dealkylation sites (tertiary alicyclic amines) is 1. The zero-order chi connectivity index (χ0) is 13.0. The predicted molar refractivity (Wildman–Crippen MR) is 78.9 cm³/mol. The van der Waals surface area contributed by atoms with Gasteiger partial charge >= 0.3 is 0 Å². The first-order valence-electron chi connectivity index (χ1n) is 8.27. The molecule has 2 nitrogen and oxygen atoms in total. The fourth-order valence-electron chi connectivity index (χ4n) is 4.32. The van der Waals surface area contributed by atoms with Crippen LogP contribution in [0, 0.1) is 5.92 Å². The van der Waals surface area contributed by atoms with Crippen LogP contribution in [0.25, 0.3) is 0 Å². The van der Waals surface area contributed by atoms with Gasteiger partial charge in [-0.05, 0) is 58.0 Å². The van der Waals surface area contributed by atoms with Crippen LogP contribution in [0.15, 0.2) is 0 Å². The second kappa shape index (κ2) is 6.91. The highest BCUT2D eigenvalue weighted by Gasteiger charge is 2.37. The molecule has 0 aromatic heterocycles. The Morgan fingerprint density at radius 1 is 1.11 bits per heavy atom. The summed E-state index contributed by atoms with van der Waals surface area (Å²) in [5.74, 6) is 1.01. The van der Waals surface area contributed by atoms with Gasteiger partial charge in [0.2, 0.25) is 0 Å². The molecule has 0 bridgehead atoms. The van der Waals surface area contributed by atoms with E-state index in [0.717, 1.165) is 18.5 Å². The van der Waals surface area contributed by atoms with Crippen molar-refractivity contribution in [2.24, 2.45) is 5.92 Å². The maximum atomic E-state index is 3.68. The molecule has 0 radical (unpaired) electrons. The third kappa shape index (κ3) is 3.08. The van der Waals surface area contributed by atoms with E-state index in [-0.39, 0.29) is 0 Å². The summed E-state index contributed by atoms with van der Waals surface area (Å²) in [4.78, 5) is 2.84. The zero-order valence-corrected chi connectivity index (χ0v) is 12.6. The summed E-state index contributed by atoms with van der Waals surface area (Å²) in [6, 6.07) is 2.29. The van der Waals surface area contributed by atoms with Crippen molar-refractivity contribution in [2.75, 3.05) is 13.1 Å². The number of hydrogen-bond acceptors (Lipinski definition) is 2.